The Labute approximate surface area is 303 Å². The molecule has 2 aromatic carbocycles. The molecule has 1 aliphatic rings. The largest absolute Gasteiger partial charge is 0.511 e. The number of hydrogen-bond acceptors (Lipinski definition) is 11. The first kappa shape index (κ1) is 41.1. The lowest BCUT2D eigenvalue weighted by atomic mass is 9.97. The van der Waals surface area contributed by atoms with Crippen LogP contribution in [0, 0.1) is 18.8 Å². The van der Waals surface area contributed by atoms with E-state index in [9.17, 15) is 28.8 Å². The van der Waals surface area contributed by atoms with Gasteiger partial charge >= 0.3 is 18.2 Å². The molecule has 0 aromatic heterocycles. The Bertz CT molecular complexity index is 1540. The molecule has 1 fully saturated rings. The van der Waals surface area contributed by atoms with Gasteiger partial charge in [-0.25, -0.2) is 14.4 Å². The van der Waals surface area contributed by atoms with E-state index in [0.29, 0.717) is 37.2 Å². The molecule has 0 radical (unpaired) electrons. The molecule has 0 spiro atoms. The molecule has 4 amide bonds. The minimum absolute atomic E-state index is 0.0103. The van der Waals surface area contributed by atoms with Crippen molar-refractivity contribution in [3.63, 3.8) is 0 Å². The molecule has 3 rings (SSSR count). The number of benzene rings is 2. The molecule has 52 heavy (non-hydrogen) atoms. The monoisotopic (exact) mass is 726 g/mol. The van der Waals surface area contributed by atoms with Crippen LogP contribution in [-0.2, 0) is 39.8 Å². The van der Waals surface area contributed by atoms with Crippen LogP contribution in [-0.4, -0.2) is 85.0 Å². The van der Waals surface area contributed by atoms with E-state index in [0.717, 1.165) is 5.56 Å². The van der Waals surface area contributed by atoms with Crippen LogP contribution < -0.4 is 25.8 Å². The van der Waals surface area contributed by atoms with Crippen LogP contribution in [0.4, 0.5) is 9.59 Å². The average Bonchev–Trinajstić information content (AvgIpc) is 3.07. The van der Waals surface area contributed by atoms with Gasteiger partial charge in [-0.3, -0.25) is 14.4 Å². The molecule has 0 aliphatic carbocycles. The van der Waals surface area contributed by atoms with Crippen molar-refractivity contribution in [3.05, 3.63) is 59.7 Å². The summed E-state index contributed by atoms with van der Waals surface area (Å²) >= 11 is 0. The number of para-hydroxylation sites is 1. The summed E-state index contributed by atoms with van der Waals surface area (Å²) in [6.45, 7) is 10.5. The molecule has 15 heteroatoms. The lowest BCUT2D eigenvalue weighted by Gasteiger charge is -2.29. The number of likely N-dealkylation sites (tertiary alicyclic amines) is 1. The average molecular weight is 727 g/mol. The zero-order valence-corrected chi connectivity index (χ0v) is 30.5. The van der Waals surface area contributed by atoms with Gasteiger partial charge in [0.2, 0.25) is 18.1 Å². The van der Waals surface area contributed by atoms with Gasteiger partial charge in [0.1, 0.15) is 23.6 Å². The second-order valence-corrected chi connectivity index (χ2v) is 13.3. The van der Waals surface area contributed by atoms with E-state index in [1.807, 2.05) is 32.9 Å². The molecule has 0 bridgehead atoms. The first-order valence-electron chi connectivity index (χ1n) is 17.3. The van der Waals surface area contributed by atoms with Crippen molar-refractivity contribution in [3.8, 4) is 11.5 Å². The molecule has 2 aromatic rings. The lowest BCUT2D eigenvalue weighted by molar-refractivity contribution is -0.171. The Morgan fingerprint density at radius 3 is 2.10 bits per heavy atom. The van der Waals surface area contributed by atoms with Gasteiger partial charge in [0.05, 0.1) is 6.10 Å². The number of carbonyl (C=O) groups is 6. The zero-order chi connectivity index (χ0) is 38.4. The third-order valence-electron chi connectivity index (χ3n) is 8.01. The highest BCUT2D eigenvalue weighted by Gasteiger charge is 2.31. The number of aryl methyl sites for hydroxylation is 1. The summed E-state index contributed by atoms with van der Waals surface area (Å²) in [5.74, 6) is -1.98. The van der Waals surface area contributed by atoms with Crippen molar-refractivity contribution in [1.29, 1.82) is 0 Å². The molecule has 2 unspecified atom stereocenters. The van der Waals surface area contributed by atoms with Gasteiger partial charge in [-0.05, 0) is 75.3 Å². The lowest BCUT2D eigenvalue weighted by Crippen LogP contribution is -2.54. The van der Waals surface area contributed by atoms with Crippen LogP contribution in [0.3, 0.4) is 0 Å². The van der Waals surface area contributed by atoms with Crippen LogP contribution in [0.2, 0.25) is 0 Å². The summed E-state index contributed by atoms with van der Waals surface area (Å²) < 4.78 is 26.5. The van der Waals surface area contributed by atoms with Crippen LogP contribution in [0.25, 0.3) is 0 Å². The van der Waals surface area contributed by atoms with E-state index < -0.39 is 54.5 Å². The Kier molecular flexibility index (Phi) is 15.7. The predicted molar refractivity (Wildman–Crippen MR) is 188 cm³/mol. The number of amides is 4. The molecule has 4 N–H and O–H groups in total. The summed E-state index contributed by atoms with van der Waals surface area (Å²) in [6, 6.07) is 11.2. The second-order valence-electron chi connectivity index (χ2n) is 13.3. The fourth-order valence-electron chi connectivity index (χ4n) is 5.33. The van der Waals surface area contributed by atoms with Gasteiger partial charge in [-0.15, -0.1) is 0 Å². The van der Waals surface area contributed by atoms with Crippen LogP contribution >= 0.6 is 0 Å². The highest BCUT2D eigenvalue weighted by atomic mass is 16.8. The fourth-order valence-corrected chi connectivity index (χ4v) is 5.33. The SMILES string of the molecule is Cc1ccccc1OCC(=O)NC(CC(C)C)C(=O)N[C@@H](Cc1ccc(OC(=O)N2CCC(C(N)=O)CC2)cc1)C(=O)OC(C)OC(=O)OC(C)C. The van der Waals surface area contributed by atoms with Crippen molar-refractivity contribution < 1.29 is 52.5 Å². The summed E-state index contributed by atoms with van der Waals surface area (Å²) in [4.78, 5) is 77.6. The number of nitrogens with one attached hydrogen (secondary N) is 2. The Balaban J connectivity index is 1.71. The van der Waals surface area contributed by atoms with Gasteiger partial charge in [0.15, 0.2) is 6.61 Å². The first-order chi connectivity index (χ1) is 24.6. The number of ether oxygens (including phenoxy) is 5. The minimum atomic E-state index is -1.35. The quantitative estimate of drug-likeness (QED) is 0.168. The number of esters is 1. The molecular formula is C37H50N4O11. The van der Waals surface area contributed by atoms with Gasteiger partial charge < -0.3 is 45.0 Å². The zero-order valence-electron chi connectivity index (χ0n) is 30.5. The second kappa shape index (κ2) is 19.9. The number of nitrogens with zero attached hydrogens (tertiary/aromatic N) is 1. The standard InChI is InChI=1S/C37H50N4O11/c1-22(2)19-29(39-32(42)21-48-31-10-8-7-9-24(31)5)34(44)40-30(35(45)50-25(6)51-37(47)49-23(3)4)20-26-11-13-28(14-12-26)52-36(46)41-17-15-27(16-18-41)33(38)43/h7-14,22-23,25,27,29-30H,15-21H2,1-6H3,(H2,38,43)(H,39,42)(H,40,44)/t25?,29?,30-/m0/s1. The summed E-state index contributed by atoms with van der Waals surface area (Å²) in [6.07, 6.45) is -2.32. The number of nitrogens with two attached hydrogens (primary N) is 1. The van der Waals surface area contributed by atoms with Crippen LogP contribution in [0.1, 0.15) is 65.0 Å². The van der Waals surface area contributed by atoms with E-state index in [1.165, 1.54) is 24.0 Å². The molecular weight excluding hydrogens is 676 g/mol. The maximum Gasteiger partial charge on any atom is 0.511 e. The number of carbonyl (C=O) groups excluding carboxylic acids is 6. The van der Waals surface area contributed by atoms with Gasteiger partial charge in [0.25, 0.3) is 5.91 Å². The molecule has 284 valence electrons. The van der Waals surface area contributed by atoms with E-state index in [1.54, 1.807) is 38.1 Å². The smallest absolute Gasteiger partial charge is 0.484 e. The minimum Gasteiger partial charge on any atom is -0.484 e. The molecule has 0 saturated carbocycles. The highest BCUT2D eigenvalue weighted by Crippen LogP contribution is 2.20. The van der Waals surface area contributed by atoms with E-state index in [2.05, 4.69) is 10.6 Å². The van der Waals surface area contributed by atoms with Crippen molar-refractivity contribution in [2.24, 2.45) is 17.6 Å². The van der Waals surface area contributed by atoms with Gasteiger partial charge in [-0.1, -0.05) is 44.2 Å². The fraction of sp³-hybridized carbons (Fsp3) is 0.514. The van der Waals surface area contributed by atoms with E-state index in [-0.39, 0.29) is 42.9 Å². The Morgan fingerprint density at radius 2 is 1.50 bits per heavy atom. The summed E-state index contributed by atoms with van der Waals surface area (Å²) in [5.41, 5.74) is 6.79. The predicted octanol–water partition coefficient (Wildman–Crippen LogP) is 3.78. The topological polar surface area (TPSA) is 202 Å². The third kappa shape index (κ3) is 13.8. The Hall–Kier alpha value is -5.34. The maximum absolute atomic E-state index is 13.6. The molecule has 3 atom stereocenters. The first-order valence-corrected chi connectivity index (χ1v) is 17.3. The molecule has 1 heterocycles. The van der Waals surface area contributed by atoms with E-state index in [4.69, 9.17) is 29.4 Å². The maximum atomic E-state index is 13.6. The molecule has 1 aliphatic heterocycles. The normalized spacial score (nSPS) is 14.8. The summed E-state index contributed by atoms with van der Waals surface area (Å²) in [5, 5.41) is 5.39. The van der Waals surface area contributed by atoms with Crippen molar-refractivity contribution >= 4 is 35.9 Å². The number of rotatable bonds is 16. The third-order valence-corrected chi connectivity index (χ3v) is 8.01. The number of primary amides is 1. The Morgan fingerprint density at radius 1 is 0.846 bits per heavy atom. The van der Waals surface area contributed by atoms with Gasteiger partial charge in [-0.2, -0.15) is 0 Å². The molecule has 15 nitrogen and oxygen atoms in total. The van der Waals surface area contributed by atoms with Gasteiger partial charge in [0, 0.05) is 32.4 Å². The van der Waals surface area contributed by atoms with Crippen molar-refractivity contribution in [2.75, 3.05) is 19.7 Å². The summed E-state index contributed by atoms with van der Waals surface area (Å²) in [7, 11) is 0. The molecule has 1 saturated heterocycles. The van der Waals surface area contributed by atoms with Crippen molar-refractivity contribution in [1.82, 2.24) is 15.5 Å². The number of hydrogen-bond donors (Lipinski definition) is 3. The highest BCUT2D eigenvalue weighted by molar-refractivity contribution is 5.91. The van der Waals surface area contributed by atoms with Crippen molar-refractivity contribution in [2.45, 2.75) is 91.7 Å². The number of piperidine rings is 1. The van der Waals surface area contributed by atoms with Crippen LogP contribution in [0.15, 0.2) is 48.5 Å². The van der Waals surface area contributed by atoms with E-state index >= 15 is 0 Å². The van der Waals surface area contributed by atoms with Crippen LogP contribution in [0.5, 0.6) is 11.5 Å².